The number of nitrogens with zero attached hydrogens (tertiary/aromatic N) is 2. The number of thioether (sulfide) groups is 2. The fourth-order valence-electron chi connectivity index (χ4n) is 2.64. The summed E-state index contributed by atoms with van der Waals surface area (Å²) in [6, 6.07) is 22.9. The second-order valence-corrected chi connectivity index (χ2v) is 9.54. The maximum Gasteiger partial charge on any atom is 0.175 e. The molecule has 3 aromatic carbocycles. The second-order valence-electron chi connectivity index (χ2n) is 5.68. The van der Waals surface area contributed by atoms with Crippen molar-refractivity contribution in [2.45, 2.75) is 20.2 Å². The van der Waals surface area contributed by atoms with Gasteiger partial charge in [0.1, 0.15) is 0 Å². The molecule has 0 aliphatic rings. The van der Waals surface area contributed by atoms with Crippen molar-refractivity contribution in [1.29, 1.82) is 0 Å². The van der Waals surface area contributed by atoms with Gasteiger partial charge in [-0.2, -0.15) is 0 Å². The summed E-state index contributed by atoms with van der Waals surface area (Å²) in [5.41, 5.74) is 2.53. The van der Waals surface area contributed by atoms with Crippen LogP contribution in [0, 0.1) is 0 Å². The van der Waals surface area contributed by atoms with Crippen LogP contribution in [0.3, 0.4) is 0 Å². The van der Waals surface area contributed by atoms with Gasteiger partial charge in [-0.3, -0.25) is 0 Å². The largest absolute Gasteiger partial charge is 0.175 e. The van der Waals surface area contributed by atoms with Crippen LogP contribution in [0.2, 0.25) is 5.02 Å². The average Bonchev–Trinajstić information content (AvgIpc) is 3.13. The van der Waals surface area contributed by atoms with E-state index in [4.69, 9.17) is 11.6 Å². The van der Waals surface area contributed by atoms with Crippen molar-refractivity contribution < 1.29 is 0 Å². The number of hydrogen-bond donors (Lipinski definition) is 0. The lowest BCUT2D eigenvalue weighted by atomic mass is 10.1. The Hall–Kier alpha value is -1.53. The summed E-state index contributed by atoms with van der Waals surface area (Å²) in [5.74, 6) is 1.75. The lowest BCUT2D eigenvalue weighted by molar-refractivity contribution is 0.954. The predicted molar refractivity (Wildman–Crippen MR) is 114 cm³/mol. The Kier molecular flexibility index (Phi) is 5.80. The van der Waals surface area contributed by atoms with Gasteiger partial charge in [0.15, 0.2) is 8.68 Å². The van der Waals surface area contributed by atoms with E-state index in [9.17, 15) is 0 Å². The van der Waals surface area contributed by atoms with Gasteiger partial charge in [0.2, 0.25) is 0 Å². The Labute approximate surface area is 170 Å². The molecule has 4 rings (SSSR count). The normalized spacial score (nSPS) is 11.1. The van der Waals surface area contributed by atoms with Crippen LogP contribution in [0.5, 0.6) is 0 Å². The number of hydrogen-bond acceptors (Lipinski definition) is 5. The topological polar surface area (TPSA) is 25.8 Å². The fraction of sp³-hybridized carbons (Fsp3) is 0.100. The highest BCUT2D eigenvalue weighted by Gasteiger charge is 2.08. The van der Waals surface area contributed by atoms with E-state index in [0.29, 0.717) is 0 Å². The molecule has 0 unspecified atom stereocenters. The van der Waals surface area contributed by atoms with Crippen molar-refractivity contribution in [2.75, 3.05) is 0 Å². The van der Waals surface area contributed by atoms with Crippen molar-refractivity contribution in [3.8, 4) is 0 Å². The summed E-state index contributed by atoms with van der Waals surface area (Å²) >= 11 is 11.1. The SMILES string of the molecule is Clc1cccc(CSc2nnc(SCc3cccc4ccccc34)s2)c1. The third kappa shape index (κ3) is 4.41. The summed E-state index contributed by atoms with van der Waals surface area (Å²) in [6.45, 7) is 0. The van der Waals surface area contributed by atoms with Crippen LogP contribution < -0.4 is 0 Å². The van der Waals surface area contributed by atoms with Gasteiger partial charge in [-0.05, 0) is 34.0 Å². The third-order valence-corrected chi connectivity index (χ3v) is 7.42. The highest BCUT2D eigenvalue weighted by molar-refractivity contribution is 8.02. The Bertz CT molecular complexity index is 1030. The Morgan fingerprint density at radius 2 is 1.54 bits per heavy atom. The van der Waals surface area contributed by atoms with E-state index in [1.54, 1.807) is 34.9 Å². The molecular weight excluding hydrogens is 400 g/mol. The van der Waals surface area contributed by atoms with Crippen LogP contribution in [-0.4, -0.2) is 10.2 Å². The molecule has 1 aromatic heterocycles. The van der Waals surface area contributed by atoms with Crippen LogP contribution in [0.25, 0.3) is 10.8 Å². The zero-order valence-electron chi connectivity index (χ0n) is 13.8. The van der Waals surface area contributed by atoms with Gasteiger partial charge in [0, 0.05) is 16.5 Å². The van der Waals surface area contributed by atoms with Crippen LogP contribution in [0.1, 0.15) is 11.1 Å². The first-order chi connectivity index (χ1) is 12.8. The first-order valence-corrected chi connectivity index (χ1v) is 11.2. The molecule has 0 saturated carbocycles. The minimum Gasteiger partial charge on any atom is -0.131 e. The molecule has 2 nitrogen and oxygen atoms in total. The Morgan fingerprint density at radius 1 is 0.808 bits per heavy atom. The number of halogens is 1. The van der Waals surface area contributed by atoms with Gasteiger partial charge in [0.25, 0.3) is 0 Å². The van der Waals surface area contributed by atoms with E-state index in [2.05, 4.69) is 58.7 Å². The van der Waals surface area contributed by atoms with Crippen molar-refractivity contribution in [3.63, 3.8) is 0 Å². The van der Waals surface area contributed by atoms with Crippen molar-refractivity contribution in [1.82, 2.24) is 10.2 Å². The fourth-order valence-corrected chi connectivity index (χ4v) is 5.82. The van der Waals surface area contributed by atoms with Crippen molar-refractivity contribution in [2.24, 2.45) is 0 Å². The second kappa shape index (κ2) is 8.44. The lowest BCUT2D eigenvalue weighted by Gasteiger charge is -2.04. The summed E-state index contributed by atoms with van der Waals surface area (Å²) in [6.07, 6.45) is 0. The van der Waals surface area contributed by atoms with E-state index < -0.39 is 0 Å². The molecule has 130 valence electrons. The van der Waals surface area contributed by atoms with Gasteiger partial charge < -0.3 is 0 Å². The van der Waals surface area contributed by atoms with Crippen LogP contribution in [0.15, 0.2) is 75.4 Å². The molecule has 0 saturated heterocycles. The van der Waals surface area contributed by atoms with Crippen LogP contribution in [-0.2, 0) is 11.5 Å². The molecule has 0 N–H and O–H groups in total. The van der Waals surface area contributed by atoms with Gasteiger partial charge in [-0.1, -0.05) is 101 Å². The van der Waals surface area contributed by atoms with Gasteiger partial charge >= 0.3 is 0 Å². The third-order valence-electron chi connectivity index (χ3n) is 3.87. The van der Waals surface area contributed by atoms with E-state index in [1.165, 1.54) is 21.9 Å². The Morgan fingerprint density at radius 3 is 2.38 bits per heavy atom. The zero-order chi connectivity index (χ0) is 17.8. The average molecular weight is 415 g/mol. The molecule has 26 heavy (non-hydrogen) atoms. The number of benzene rings is 3. The van der Waals surface area contributed by atoms with Gasteiger partial charge in [0.05, 0.1) is 0 Å². The molecule has 0 aliphatic heterocycles. The summed E-state index contributed by atoms with van der Waals surface area (Å²) < 4.78 is 2.00. The molecule has 0 atom stereocenters. The van der Waals surface area contributed by atoms with Crippen molar-refractivity contribution >= 4 is 57.2 Å². The first-order valence-electron chi connectivity index (χ1n) is 8.08. The lowest BCUT2D eigenvalue weighted by Crippen LogP contribution is -1.83. The quantitative estimate of drug-likeness (QED) is 0.319. The van der Waals surface area contributed by atoms with Crippen molar-refractivity contribution in [3.05, 3.63) is 82.9 Å². The molecule has 0 bridgehead atoms. The summed E-state index contributed by atoms with van der Waals surface area (Å²) in [5, 5.41) is 12.0. The molecule has 0 aliphatic carbocycles. The number of fused-ring (bicyclic) bond motifs is 1. The predicted octanol–water partition coefficient (Wildman–Crippen LogP) is 6.93. The maximum absolute atomic E-state index is 6.03. The number of aromatic nitrogens is 2. The summed E-state index contributed by atoms with van der Waals surface area (Å²) in [7, 11) is 0. The molecule has 4 aromatic rings. The Balaban J connectivity index is 1.39. The van der Waals surface area contributed by atoms with E-state index >= 15 is 0 Å². The minimum absolute atomic E-state index is 0.770. The number of rotatable bonds is 6. The molecule has 0 spiro atoms. The molecule has 0 radical (unpaired) electrons. The molecular formula is C20H15ClN2S3. The van der Waals surface area contributed by atoms with E-state index in [1.807, 2.05) is 18.2 Å². The van der Waals surface area contributed by atoms with Crippen LogP contribution >= 0.6 is 46.5 Å². The van der Waals surface area contributed by atoms with Crippen LogP contribution in [0.4, 0.5) is 0 Å². The van der Waals surface area contributed by atoms with Gasteiger partial charge in [-0.25, -0.2) is 0 Å². The molecule has 1 heterocycles. The van der Waals surface area contributed by atoms with E-state index in [0.717, 1.165) is 25.2 Å². The highest BCUT2D eigenvalue weighted by atomic mass is 35.5. The molecule has 0 amide bonds. The smallest absolute Gasteiger partial charge is 0.131 e. The first kappa shape index (κ1) is 17.9. The highest BCUT2D eigenvalue weighted by Crippen LogP contribution is 2.33. The molecule has 6 heteroatoms. The minimum atomic E-state index is 0.770. The maximum atomic E-state index is 6.03. The summed E-state index contributed by atoms with van der Waals surface area (Å²) in [4.78, 5) is 0. The monoisotopic (exact) mass is 414 g/mol. The zero-order valence-corrected chi connectivity index (χ0v) is 17.0. The van der Waals surface area contributed by atoms with Gasteiger partial charge in [-0.15, -0.1) is 10.2 Å². The standard InChI is InChI=1S/C20H15ClN2S3/c21-17-9-3-5-14(11-17)12-24-19-22-23-20(26-19)25-13-16-8-4-7-15-6-1-2-10-18(15)16/h1-11H,12-13H2. The van der Waals surface area contributed by atoms with E-state index in [-0.39, 0.29) is 0 Å². The molecule has 0 fully saturated rings.